The number of aliphatic hydroxyl groups excluding tert-OH is 1. The maximum Gasteiger partial charge on any atom is 0.123 e. The van der Waals surface area contributed by atoms with Crippen molar-refractivity contribution in [1.82, 2.24) is 0 Å². The molecule has 72 valence electrons. The van der Waals surface area contributed by atoms with Gasteiger partial charge in [-0.2, -0.15) is 0 Å². The van der Waals surface area contributed by atoms with Gasteiger partial charge in [0.1, 0.15) is 5.82 Å². The molecule has 1 aromatic carbocycles. The minimum Gasteiger partial charge on any atom is -0.388 e. The second-order valence-electron chi connectivity index (χ2n) is 3.21. The first-order valence-corrected chi connectivity index (χ1v) is 4.67. The Hall–Kier alpha value is -0.890. The van der Waals surface area contributed by atoms with Crippen molar-refractivity contribution in [3.05, 3.63) is 35.6 Å². The molecule has 0 saturated carbocycles. The van der Waals surface area contributed by atoms with E-state index in [2.05, 4.69) is 6.92 Å². The number of hydrogen-bond acceptors (Lipinski definition) is 1. The predicted molar refractivity (Wildman–Crippen MR) is 50.9 cm³/mol. The third kappa shape index (κ3) is 3.15. The Morgan fingerprint density at radius 2 is 2.23 bits per heavy atom. The van der Waals surface area contributed by atoms with Crippen LogP contribution in [0.25, 0.3) is 0 Å². The molecule has 0 aromatic heterocycles. The molecule has 1 nitrogen and oxygen atoms in total. The Morgan fingerprint density at radius 3 is 2.85 bits per heavy atom. The number of unbranched alkanes of at least 4 members (excludes halogenated alkanes) is 1. The molecule has 0 bridgehead atoms. The van der Waals surface area contributed by atoms with Gasteiger partial charge in [-0.05, 0) is 24.1 Å². The molecule has 0 spiro atoms. The lowest BCUT2D eigenvalue weighted by Crippen LogP contribution is -1.97. The van der Waals surface area contributed by atoms with Crippen molar-refractivity contribution in [3.63, 3.8) is 0 Å². The molecular formula is C11H15FO. The first kappa shape index (κ1) is 10.2. The SMILES string of the molecule is CCCC[C@@H](O)c1cccc(F)c1. The summed E-state index contributed by atoms with van der Waals surface area (Å²) in [6.07, 6.45) is 2.21. The summed E-state index contributed by atoms with van der Waals surface area (Å²) in [5.41, 5.74) is 0.674. The first-order valence-electron chi connectivity index (χ1n) is 4.67. The number of halogens is 1. The fourth-order valence-electron chi connectivity index (χ4n) is 1.28. The quantitative estimate of drug-likeness (QED) is 0.758. The van der Waals surface area contributed by atoms with Crippen LogP contribution in [0.3, 0.4) is 0 Å². The average Bonchev–Trinajstić information content (AvgIpc) is 2.14. The van der Waals surface area contributed by atoms with Gasteiger partial charge in [0.15, 0.2) is 0 Å². The predicted octanol–water partition coefficient (Wildman–Crippen LogP) is 3.05. The molecule has 1 atom stereocenters. The summed E-state index contributed by atoms with van der Waals surface area (Å²) >= 11 is 0. The van der Waals surface area contributed by atoms with Gasteiger partial charge in [-0.25, -0.2) is 4.39 Å². The first-order chi connectivity index (χ1) is 6.24. The highest BCUT2D eigenvalue weighted by Gasteiger charge is 2.06. The summed E-state index contributed by atoms with van der Waals surface area (Å²) in [6, 6.07) is 6.15. The number of rotatable bonds is 4. The lowest BCUT2D eigenvalue weighted by atomic mass is 10.0. The van der Waals surface area contributed by atoms with Crippen LogP contribution >= 0.6 is 0 Å². The van der Waals surface area contributed by atoms with Crippen LogP contribution in [-0.4, -0.2) is 5.11 Å². The number of aliphatic hydroxyl groups is 1. The van der Waals surface area contributed by atoms with E-state index < -0.39 is 6.10 Å². The Kier molecular flexibility index (Phi) is 3.90. The smallest absolute Gasteiger partial charge is 0.123 e. The normalized spacial score (nSPS) is 12.8. The summed E-state index contributed by atoms with van der Waals surface area (Å²) in [7, 11) is 0. The molecule has 0 heterocycles. The van der Waals surface area contributed by atoms with Gasteiger partial charge in [0, 0.05) is 0 Å². The fraction of sp³-hybridized carbons (Fsp3) is 0.455. The van der Waals surface area contributed by atoms with E-state index in [-0.39, 0.29) is 5.82 Å². The highest BCUT2D eigenvalue weighted by atomic mass is 19.1. The third-order valence-electron chi connectivity index (χ3n) is 2.06. The van der Waals surface area contributed by atoms with E-state index >= 15 is 0 Å². The van der Waals surface area contributed by atoms with Crippen molar-refractivity contribution in [2.45, 2.75) is 32.3 Å². The summed E-state index contributed by atoms with van der Waals surface area (Å²) in [4.78, 5) is 0. The fourth-order valence-corrected chi connectivity index (χ4v) is 1.28. The molecule has 0 aliphatic carbocycles. The van der Waals surface area contributed by atoms with Gasteiger partial charge in [-0.15, -0.1) is 0 Å². The minimum atomic E-state index is -0.518. The van der Waals surface area contributed by atoms with Crippen LogP contribution in [0, 0.1) is 5.82 Å². The third-order valence-corrected chi connectivity index (χ3v) is 2.06. The standard InChI is InChI=1S/C11H15FO/c1-2-3-7-11(13)9-5-4-6-10(12)8-9/h4-6,8,11,13H,2-3,7H2,1H3/t11-/m1/s1. The molecule has 1 rings (SSSR count). The van der Waals surface area contributed by atoms with Gasteiger partial charge >= 0.3 is 0 Å². The van der Waals surface area contributed by atoms with Crippen LogP contribution in [0.1, 0.15) is 37.9 Å². The Balaban J connectivity index is 2.60. The van der Waals surface area contributed by atoms with E-state index in [9.17, 15) is 9.50 Å². The van der Waals surface area contributed by atoms with Crippen LogP contribution in [0.15, 0.2) is 24.3 Å². The summed E-state index contributed by atoms with van der Waals surface area (Å²) in [6.45, 7) is 2.07. The average molecular weight is 182 g/mol. The van der Waals surface area contributed by atoms with E-state index in [0.29, 0.717) is 12.0 Å². The van der Waals surface area contributed by atoms with Crippen molar-refractivity contribution in [3.8, 4) is 0 Å². The highest BCUT2D eigenvalue weighted by Crippen LogP contribution is 2.19. The largest absolute Gasteiger partial charge is 0.388 e. The molecule has 0 radical (unpaired) electrons. The van der Waals surface area contributed by atoms with Crippen molar-refractivity contribution in [2.24, 2.45) is 0 Å². The van der Waals surface area contributed by atoms with Gasteiger partial charge in [-0.3, -0.25) is 0 Å². The van der Waals surface area contributed by atoms with Gasteiger partial charge in [0.05, 0.1) is 6.10 Å². The highest BCUT2D eigenvalue weighted by molar-refractivity contribution is 5.18. The summed E-state index contributed by atoms with van der Waals surface area (Å²) < 4.78 is 12.7. The van der Waals surface area contributed by atoms with E-state index in [1.165, 1.54) is 12.1 Å². The number of hydrogen-bond donors (Lipinski definition) is 1. The zero-order chi connectivity index (χ0) is 9.68. The lowest BCUT2D eigenvalue weighted by molar-refractivity contribution is 0.164. The van der Waals surface area contributed by atoms with E-state index in [0.717, 1.165) is 12.8 Å². The number of benzene rings is 1. The zero-order valence-electron chi connectivity index (χ0n) is 7.83. The topological polar surface area (TPSA) is 20.2 Å². The monoisotopic (exact) mass is 182 g/mol. The van der Waals surface area contributed by atoms with Crippen LogP contribution in [0.5, 0.6) is 0 Å². The van der Waals surface area contributed by atoms with Crippen molar-refractivity contribution in [1.29, 1.82) is 0 Å². The molecule has 1 N–H and O–H groups in total. The van der Waals surface area contributed by atoms with Crippen LogP contribution in [-0.2, 0) is 0 Å². The Bertz CT molecular complexity index is 260. The van der Waals surface area contributed by atoms with Gasteiger partial charge in [-0.1, -0.05) is 31.9 Å². The van der Waals surface area contributed by atoms with Gasteiger partial charge < -0.3 is 5.11 Å². The second-order valence-corrected chi connectivity index (χ2v) is 3.21. The van der Waals surface area contributed by atoms with Crippen molar-refractivity contribution in [2.75, 3.05) is 0 Å². The second kappa shape index (κ2) is 4.97. The molecule has 1 aromatic rings. The van der Waals surface area contributed by atoms with Crippen molar-refractivity contribution < 1.29 is 9.50 Å². The molecule has 0 amide bonds. The Labute approximate surface area is 78.2 Å². The molecule has 0 unspecified atom stereocenters. The summed E-state index contributed by atoms with van der Waals surface area (Å²) in [5, 5.41) is 9.61. The molecule has 13 heavy (non-hydrogen) atoms. The maximum absolute atomic E-state index is 12.7. The zero-order valence-corrected chi connectivity index (χ0v) is 7.83. The summed E-state index contributed by atoms with van der Waals surface area (Å²) in [5.74, 6) is -0.284. The molecule has 0 aliphatic heterocycles. The van der Waals surface area contributed by atoms with Crippen LogP contribution in [0.4, 0.5) is 4.39 Å². The Morgan fingerprint density at radius 1 is 1.46 bits per heavy atom. The molecule has 0 fully saturated rings. The van der Waals surface area contributed by atoms with Crippen LogP contribution in [0.2, 0.25) is 0 Å². The van der Waals surface area contributed by atoms with Gasteiger partial charge in [0.2, 0.25) is 0 Å². The molecule has 0 aliphatic rings. The minimum absolute atomic E-state index is 0.284. The molecule has 0 saturated heterocycles. The van der Waals surface area contributed by atoms with E-state index in [1.54, 1.807) is 12.1 Å². The van der Waals surface area contributed by atoms with Gasteiger partial charge in [0.25, 0.3) is 0 Å². The van der Waals surface area contributed by atoms with E-state index in [4.69, 9.17) is 0 Å². The molecule has 2 heteroatoms. The van der Waals surface area contributed by atoms with Crippen molar-refractivity contribution >= 4 is 0 Å². The van der Waals surface area contributed by atoms with Crippen LogP contribution < -0.4 is 0 Å². The lowest BCUT2D eigenvalue weighted by Gasteiger charge is -2.09. The maximum atomic E-state index is 12.7. The van der Waals surface area contributed by atoms with E-state index in [1.807, 2.05) is 0 Å². The molecular weight excluding hydrogens is 167 g/mol.